The van der Waals surface area contributed by atoms with Gasteiger partial charge in [-0.15, -0.1) is 0 Å². The maximum Gasteiger partial charge on any atom is 0.266 e. The molecule has 128 valence electrons. The van der Waals surface area contributed by atoms with Crippen LogP contribution in [0.25, 0.3) is 6.08 Å². The molecule has 0 aliphatic carbocycles. The number of benzene rings is 2. The molecule has 0 aromatic heterocycles. The lowest BCUT2D eigenvalue weighted by Crippen LogP contribution is -2.13. The molecule has 0 saturated carbocycles. The van der Waals surface area contributed by atoms with Gasteiger partial charge in [-0.05, 0) is 48.4 Å². The minimum absolute atomic E-state index is 0.0868. The molecule has 0 bridgehead atoms. The summed E-state index contributed by atoms with van der Waals surface area (Å²) in [5.74, 6) is -0.312. The Labute approximate surface area is 145 Å². The average Bonchev–Trinajstić information content (AvgIpc) is 2.60. The van der Waals surface area contributed by atoms with Crippen molar-refractivity contribution in [2.45, 2.75) is 6.92 Å². The third-order valence-corrected chi connectivity index (χ3v) is 3.45. The summed E-state index contributed by atoms with van der Waals surface area (Å²) in [4.78, 5) is 12.3. The Hall–Kier alpha value is -3.46. The molecule has 0 spiro atoms. The molecular weight excluding hydrogens is 320 g/mol. The number of aryl methyl sites for hydroxylation is 1. The molecule has 2 N–H and O–H groups in total. The van der Waals surface area contributed by atoms with Crippen molar-refractivity contribution in [1.29, 1.82) is 5.26 Å². The molecular formula is C19H18N2O4. The van der Waals surface area contributed by atoms with E-state index in [9.17, 15) is 15.2 Å². The van der Waals surface area contributed by atoms with Crippen molar-refractivity contribution in [3.63, 3.8) is 0 Å². The van der Waals surface area contributed by atoms with E-state index in [4.69, 9.17) is 9.47 Å². The van der Waals surface area contributed by atoms with E-state index in [2.05, 4.69) is 5.32 Å². The van der Waals surface area contributed by atoms with E-state index in [1.54, 1.807) is 12.1 Å². The smallest absolute Gasteiger partial charge is 0.266 e. The number of rotatable bonds is 5. The second-order valence-electron chi connectivity index (χ2n) is 5.27. The fraction of sp³-hybridized carbons (Fsp3) is 0.158. The maximum atomic E-state index is 12.3. The van der Waals surface area contributed by atoms with E-state index in [0.717, 1.165) is 5.56 Å². The predicted octanol–water partition coefficient (Wildman–Crippen LogP) is 3.26. The van der Waals surface area contributed by atoms with Crippen LogP contribution in [0.2, 0.25) is 0 Å². The number of phenolic OH excluding ortho intramolecular Hbond substituents is 1. The molecule has 6 heteroatoms. The Balaban J connectivity index is 2.33. The third kappa shape index (κ3) is 4.30. The largest absolute Gasteiger partial charge is 0.502 e. The number of methoxy groups -OCH3 is 2. The molecule has 2 rings (SSSR count). The Morgan fingerprint density at radius 3 is 2.36 bits per heavy atom. The summed E-state index contributed by atoms with van der Waals surface area (Å²) in [6.45, 7) is 1.91. The fourth-order valence-electron chi connectivity index (χ4n) is 2.23. The lowest BCUT2D eigenvalue weighted by Gasteiger charge is -2.10. The van der Waals surface area contributed by atoms with Crippen LogP contribution in [0.3, 0.4) is 0 Å². The molecule has 6 nitrogen and oxygen atoms in total. The molecule has 0 aliphatic heterocycles. The SMILES string of the molecule is COc1cc(/C=C(\C#N)C(=O)Nc2cccc(C)c2)cc(OC)c1O. The molecule has 0 aliphatic rings. The van der Waals surface area contributed by atoms with Crippen LogP contribution in [0.1, 0.15) is 11.1 Å². The van der Waals surface area contributed by atoms with Crippen LogP contribution in [-0.2, 0) is 4.79 Å². The number of amides is 1. The van der Waals surface area contributed by atoms with Crippen molar-refractivity contribution >= 4 is 17.7 Å². The molecule has 1 amide bonds. The zero-order chi connectivity index (χ0) is 18.4. The standard InChI is InChI=1S/C19H18N2O4/c1-12-5-4-6-15(7-12)21-19(23)14(11-20)8-13-9-16(24-2)18(22)17(10-13)25-3/h4-10,22H,1-3H3,(H,21,23)/b14-8+. The first kappa shape index (κ1) is 17.9. The summed E-state index contributed by atoms with van der Waals surface area (Å²) in [7, 11) is 2.80. The van der Waals surface area contributed by atoms with Crippen molar-refractivity contribution < 1.29 is 19.4 Å². The van der Waals surface area contributed by atoms with Crippen LogP contribution in [0, 0.1) is 18.3 Å². The number of nitriles is 1. The van der Waals surface area contributed by atoms with Gasteiger partial charge >= 0.3 is 0 Å². The summed E-state index contributed by atoms with van der Waals surface area (Å²) in [6.07, 6.45) is 1.40. The lowest BCUT2D eigenvalue weighted by atomic mass is 10.1. The summed E-state index contributed by atoms with van der Waals surface area (Å²) in [5, 5.41) is 21.9. The molecule has 25 heavy (non-hydrogen) atoms. The number of carbonyl (C=O) groups excluding carboxylic acids is 1. The van der Waals surface area contributed by atoms with Crippen molar-refractivity contribution in [2.24, 2.45) is 0 Å². The quantitative estimate of drug-likeness (QED) is 0.645. The van der Waals surface area contributed by atoms with Gasteiger partial charge in [-0.1, -0.05) is 12.1 Å². The van der Waals surface area contributed by atoms with Crippen LogP contribution in [0.4, 0.5) is 5.69 Å². The Kier molecular flexibility index (Phi) is 5.64. The number of carbonyl (C=O) groups is 1. The number of ether oxygens (including phenoxy) is 2. The maximum absolute atomic E-state index is 12.3. The van der Waals surface area contributed by atoms with E-state index in [1.165, 1.54) is 32.4 Å². The van der Waals surface area contributed by atoms with Crippen molar-refractivity contribution in [1.82, 2.24) is 0 Å². The van der Waals surface area contributed by atoms with Gasteiger partial charge in [0.25, 0.3) is 5.91 Å². The molecule has 0 saturated heterocycles. The third-order valence-electron chi connectivity index (χ3n) is 3.45. The molecule has 0 fully saturated rings. The van der Waals surface area contributed by atoms with Crippen molar-refractivity contribution in [2.75, 3.05) is 19.5 Å². The van der Waals surface area contributed by atoms with E-state index in [1.807, 2.05) is 25.1 Å². The summed E-state index contributed by atoms with van der Waals surface area (Å²) in [6, 6.07) is 12.2. The Morgan fingerprint density at radius 1 is 1.20 bits per heavy atom. The molecule has 0 radical (unpaired) electrons. The number of hydrogen-bond acceptors (Lipinski definition) is 5. The van der Waals surface area contributed by atoms with Gasteiger partial charge < -0.3 is 19.9 Å². The molecule has 2 aromatic carbocycles. The van der Waals surface area contributed by atoms with Crippen molar-refractivity contribution in [3.05, 3.63) is 53.1 Å². The van der Waals surface area contributed by atoms with Gasteiger partial charge in [-0.2, -0.15) is 5.26 Å². The second kappa shape index (κ2) is 7.88. The van der Waals surface area contributed by atoms with E-state index < -0.39 is 5.91 Å². The normalized spacial score (nSPS) is 10.7. The van der Waals surface area contributed by atoms with Crippen LogP contribution < -0.4 is 14.8 Å². The number of aromatic hydroxyl groups is 1. The number of phenols is 1. The Morgan fingerprint density at radius 2 is 1.84 bits per heavy atom. The molecule has 0 heterocycles. The van der Waals surface area contributed by atoms with Crippen molar-refractivity contribution in [3.8, 4) is 23.3 Å². The first-order valence-corrected chi connectivity index (χ1v) is 7.43. The minimum Gasteiger partial charge on any atom is -0.502 e. The number of hydrogen-bond donors (Lipinski definition) is 2. The van der Waals surface area contributed by atoms with Gasteiger partial charge in [-0.25, -0.2) is 0 Å². The second-order valence-corrected chi connectivity index (χ2v) is 5.27. The van der Waals surface area contributed by atoms with Gasteiger partial charge in [0.1, 0.15) is 11.6 Å². The zero-order valence-electron chi connectivity index (χ0n) is 14.2. The highest BCUT2D eigenvalue weighted by molar-refractivity contribution is 6.09. The van der Waals surface area contributed by atoms with E-state index in [0.29, 0.717) is 11.3 Å². The summed E-state index contributed by atoms with van der Waals surface area (Å²) >= 11 is 0. The van der Waals surface area contributed by atoms with Crippen LogP contribution in [0.5, 0.6) is 17.2 Å². The predicted molar refractivity (Wildman–Crippen MR) is 94.6 cm³/mol. The Bertz CT molecular complexity index is 841. The number of nitrogens with zero attached hydrogens (tertiary/aromatic N) is 1. The highest BCUT2D eigenvalue weighted by Gasteiger charge is 2.13. The molecule has 2 aromatic rings. The minimum atomic E-state index is -0.529. The topological polar surface area (TPSA) is 91.6 Å². The van der Waals surface area contributed by atoms with Crippen LogP contribution >= 0.6 is 0 Å². The van der Waals surface area contributed by atoms with Gasteiger partial charge in [0, 0.05) is 5.69 Å². The summed E-state index contributed by atoms with van der Waals surface area (Å²) < 4.78 is 10.1. The van der Waals surface area contributed by atoms with Gasteiger partial charge in [0.05, 0.1) is 14.2 Å². The first-order valence-electron chi connectivity index (χ1n) is 7.43. The van der Waals surface area contributed by atoms with Gasteiger partial charge in [-0.3, -0.25) is 4.79 Å². The molecule has 0 atom stereocenters. The van der Waals surface area contributed by atoms with Gasteiger partial charge in [0.15, 0.2) is 11.5 Å². The zero-order valence-corrected chi connectivity index (χ0v) is 14.2. The summed E-state index contributed by atoms with van der Waals surface area (Å²) in [5.41, 5.74) is 2.00. The molecule has 0 unspecified atom stereocenters. The highest BCUT2D eigenvalue weighted by atomic mass is 16.5. The highest BCUT2D eigenvalue weighted by Crippen LogP contribution is 2.37. The first-order chi connectivity index (χ1) is 12.0. The van der Waals surface area contributed by atoms with Crippen LogP contribution in [0.15, 0.2) is 42.0 Å². The van der Waals surface area contributed by atoms with E-state index >= 15 is 0 Å². The fourth-order valence-corrected chi connectivity index (χ4v) is 2.23. The number of nitrogens with one attached hydrogen (secondary N) is 1. The average molecular weight is 338 g/mol. The number of anilines is 1. The van der Waals surface area contributed by atoms with Crippen LogP contribution in [-0.4, -0.2) is 25.2 Å². The van der Waals surface area contributed by atoms with E-state index in [-0.39, 0.29) is 22.8 Å². The lowest BCUT2D eigenvalue weighted by molar-refractivity contribution is -0.112. The van der Waals surface area contributed by atoms with Gasteiger partial charge in [0.2, 0.25) is 5.75 Å². The monoisotopic (exact) mass is 338 g/mol.